The molecule has 5 amide bonds. The van der Waals surface area contributed by atoms with E-state index in [1.807, 2.05) is 27.7 Å². The van der Waals surface area contributed by atoms with Crippen LogP contribution in [0, 0.1) is 5.92 Å². The number of pyridine rings is 1. The minimum Gasteiger partial charge on any atom is -0.453 e. The first-order valence-corrected chi connectivity index (χ1v) is 19.3. The minimum atomic E-state index is -5.01. The van der Waals surface area contributed by atoms with Gasteiger partial charge in [0.1, 0.15) is 23.4 Å². The van der Waals surface area contributed by atoms with E-state index < -0.39 is 30.2 Å². The van der Waals surface area contributed by atoms with Crippen LogP contribution in [0.5, 0.6) is 5.75 Å². The number of nitrogens with zero attached hydrogens (tertiary/aromatic N) is 5. The third-order valence-corrected chi connectivity index (χ3v) is 10.6. The van der Waals surface area contributed by atoms with Crippen LogP contribution in [0.3, 0.4) is 0 Å². The maximum Gasteiger partial charge on any atom is 0.573 e. The summed E-state index contributed by atoms with van der Waals surface area (Å²) in [5, 5.41) is 7.93. The molecule has 0 saturated carbocycles. The normalized spacial score (nSPS) is 18.7. The molecule has 4 atom stereocenters. The Kier molecular flexibility index (Phi) is 12.7. The summed E-state index contributed by atoms with van der Waals surface area (Å²) in [5.74, 6) is -0.308. The summed E-state index contributed by atoms with van der Waals surface area (Å²) < 4.78 is 50.1. The molecule has 2 saturated heterocycles. The number of aromatic nitrogens is 3. The number of halogens is 3. The summed E-state index contributed by atoms with van der Waals surface area (Å²) in [5.41, 5.74) is 2.18. The number of anilines is 2. The fourth-order valence-corrected chi connectivity index (χ4v) is 7.49. The van der Waals surface area contributed by atoms with Crippen LogP contribution in [0.15, 0.2) is 67.0 Å². The van der Waals surface area contributed by atoms with Crippen LogP contribution in [-0.4, -0.2) is 107 Å². The molecule has 0 bridgehead atoms. The first-order chi connectivity index (χ1) is 28.1. The molecule has 0 aliphatic carbocycles. The summed E-state index contributed by atoms with van der Waals surface area (Å²) in [6.07, 6.45) is -1.25. The maximum atomic E-state index is 13.7. The van der Waals surface area contributed by atoms with Gasteiger partial charge in [-0.25, -0.2) is 19.6 Å². The number of hydrogen-bond donors (Lipinski definition) is 4. The van der Waals surface area contributed by atoms with Crippen molar-refractivity contribution in [2.45, 2.75) is 71.1 Å². The first kappa shape index (κ1) is 42.3. The molecule has 314 valence electrons. The predicted octanol–water partition coefficient (Wildman–Crippen LogP) is 6.57. The molecule has 2 aromatic carbocycles. The number of ether oxygens (including phenoxy) is 2. The molecule has 2 aliphatic rings. The average molecular weight is 820 g/mol. The lowest BCUT2D eigenvalue weighted by Gasteiger charge is -2.44. The van der Waals surface area contributed by atoms with Crippen LogP contribution in [-0.2, 0) is 9.53 Å². The number of hydrogen-bond acceptors (Lipinski definition) is 9. The molecule has 4 N–H and O–H groups in total. The van der Waals surface area contributed by atoms with E-state index in [0.29, 0.717) is 54.5 Å². The van der Waals surface area contributed by atoms with Gasteiger partial charge < -0.3 is 45.1 Å². The maximum absolute atomic E-state index is 13.7. The molecule has 4 aromatic rings. The minimum absolute atomic E-state index is 0.0368. The number of nitrogens with one attached hydrogen (secondary N) is 4. The number of H-pyrrole nitrogens is 1. The smallest absolute Gasteiger partial charge is 0.453 e. The number of imidazole rings is 1. The van der Waals surface area contributed by atoms with Gasteiger partial charge in [0.05, 0.1) is 30.6 Å². The van der Waals surface area contributed by atoms with Crippen LogP contribution in [0.4, 0.5) is 34.3 Å². The Morgan fingerprint density at radius 3 is 2.29 bits per heavy atom. The average Bonchev–Trinajstić information content (AvgIpc) is 3.90. The van der Waals surface area contributed by atoms with E-state index in [1.165, 1.54) is 25.4 Å². The summed E-state index contributed by atoms with van der Waals surface area (Å²) >= 11 is 0. The Balaban J connectivity index is 1.15. The molecule has 0 radical (unpaired) electrons. The van der Waals surface area contributed by atoms with Gasteiger partial charge in [0.2, 0.25) is 5.91 Å². The number of alkyl halides is 3. The van der Waals surface area contributed by atoms with E-state index in [9.17, 15) is 32.3 Å². The van der Waals surface area contributed by atoms with E-state index in [2.05, 4.69) is 40.5 Å². The van der Waals surface area contributed by atoms with Crippen LogP contribution < -0.4 is 25.6 Å². The van der Waals surface area contributed by atoms with Gasteiger partial charge in [-0.2, -0.15) is 0 Å². The van der Waals surface area contributed by atoms with Gasteiger partial charge in [-0.05, 0) is 68.0 Å². The molecule has 0 spiro atoms. The number of methoxy groups -OCH3 is 1. The second kappa shape index (κ2) is 17.7. The number of aromatic amines is 1. The lowest BCUT2D eigenvalue weighted by molar-refractivity contribution is -0.274. The lowest BCUT2D eigenvalue weighted by atomic mass is 10.0. The van der Waals surface area contributed by atoms with E-state index >= 15 is 0 Å². The number of likely N-dealkylation sites (tertiary alicyclic amines) is 1. The second-order valence-corrected chi connectivity index (χ2v) is 15.0. The van der Waals surface area contributed by atoms with Crippen LogP contribution in [0.25, 0.3) is 22.4 Å². The van der Waals surface area contributed by atoms with Crippen molar-refractivity contribution in [1.29, 1.82) is 0 Å². The number of alkyl carbamates (subject to hydrolysis) is 1. The Morgan fingerprint density at radius 2 is 1.64 bits per heavy atom. The van der Waals surface area contributed by atoms with E-state index in [4.69, 9.17) is 4.74 Å². The Labute approximate surface area is 339 Å². The molecule has 2 fully saturated rings. The van der Waals surface area contributed by atoms with Crippen molar-refractivity contribution in [2.75, 3.05) is 44.0 Å². The zero-order chi connectivity index (χ0) is 42.6. The number of piperazine rings is 1. The topological polar surface area (TPSA) is 174 Å². The highest BCUT2D eigenvalue weighted by atomic mass is 19.4. The van der Waals surface area contributed by atoms with Crippen molar-refractivity contribution in [3.63, 3.8) is 0 Å². The zero-order valence-corrected chi connectivity index (χ0v) is 33.6. The molecule has 2 unspecified atom stereocenters. The van der Waals surface area contributed by atoms with Crippen molar-refractivity contribution in [3.8, 4) is 28.1 Å². The number of benzene rings is 2. The monoisotopic (exact) mass is 819 g/mol. The SMILES string of the molecule is CNC(=O)N1CC(C)N(c2ccc(C(=O)Nc3ccc(-c4ccc(-c5cnc([C@@H]6CCCN6C(=O)C(NC(=O)OC)C(C)C)[nH]5)cc4)c(OC(F)(F)F)c3)cn2)C[C@@H]1C. The lowest BCUT2D eigenvalue weighted by Crippen LogP contribution is -2.60. The number of urea groups is 1. The zero-order valence-electron chi connectivity index (χ0n) is 33.6. The highest BCUT2D eigenvalue weighted by molar-refractivity contribution is 6.04. The fraction of sp³-hybridized carbons (Fsp3) is 0.415. The van der Waals surface area contributed by atoms with Crippen molar-refractivity contribution in [3.05, 3.63) is 78.4 Å². The number of carbonyl (C=O) groups is 4. The van der Waals surface area contributed by atoms with Crippen molar-refractivity contribution in [2.24, 2.45) is 5.92 Å². The summed E-state index contributed by atoms with van der Waals surface area (Å²) in [4.78, 5) is 68.8. The largest absolute Gasteiger partial charge is 0.573 e. The Morgan fingerprint density at radius 1 is 0.915 bits per heavy atom. The number of amides is 5. The third-order valence-electron chi connectivity index (χ3n) is 10.6. The van der Waals surface area contributed by atoms with Gasteiger partial charge in [0, 0.05) is 62.3 Å². The molecule has 2 aliphatic heterocycles. The summed E-state index contributed by atoms with van der Waals surface area (Å²) in [6, 6.07) is 12.7. The summed E-state index contributed by atoms with van der Waals surface area (Å²) in [7, 11) is 2.83. The molecule has 15 nitrogen and oxygen atoms in total. The molecule has 18 heteroatoms. The Bertz CT molecular complexity index is 2140. The highest BCUT2D eigenvalue weighted by Crippen LogP contribution is 2.38. The van der Waals surface area contributed by atoms with Crippen molar-refractivity contribution < 1.29 is 41.8 Å². The van der Waals surface area contributed by atoms with Crippen molar-refractivity contribution >= 4 is 35.4 Å². The number of rotatable bonds is 10. The molecule has 6 rings (SSSR count). The van der Waals surface area contributed by atoms with Gasteiger partial charge in [0.15, 0.2) is 0 Å². The van der Waals surface area contributed by atoms with Gasteiger partial charge in [-0.3, -0.25) is 9.59 Å². The molecule has 4 heterocycles. The first-order valence-electron chi connectivity index (χ1n) is 19.3. The molecular weight excluding hydrogens is 772 g/mol. The third kappa shape index (κ3) is 9.69. The van der Waals surface area contributed by atoms with Crippen LogP contribution in [0.1, 0.15) is 62.8 Å². The molecule has 2 aromatic heterocycles. The van der Waals surface area contributed by atoms with Gasteiger partial charge in [-0.15, -0.1) is 13.2 Å². The standard InChI is InChI=1S/C41H48F3N9O6/c1-23(2)35(50-40(57)58-6)38(55)51-17-7-8-32(51)36-47-20-31(49-36)27-11-9-26(10-12-27)30-15-14-29(18-33(30)59-41(42,43)44)48-37(54)28-13-16-34(46-19-28)52-21-25(4)53(22-24(52)3)39(56)45-5/h9-16,18-20,23-25,32,35H,7-8,17,21-22H2,1-6H3,(H,45,56)(H,47,49)(H,48,54)(H,50,57)/t24?,25-,32-,35?/m0/s1. The summed E-state index contributed by atoms with van der Waals surface area (Å²) in [6.45, 7) is 9.12. The Hall–Kier alpha value is -6.33. The quantitative estimate of drug-likeness (QED) is 0.138. The molecular formula is C41H48F3N9O6. The molecule has 59 heavy (non-hydrogen) atoms. The predicted molar refractivity (Wildman–Crippen MR) is 214 cm³/mol. The second-order valence-electron chi connectivity index (χ2n) is 15.0. The van der Waals surface area contributed by atoms with E-state index in [1.54, 1.807) is 59.4 Å². The van der Waals surface area contributed by atoms with E-state index in [0.717, 1.165) is 12.5 Å². The van der Waals surface area contributed by atoms with Crippen LogP contribution >= 0.6 is 0 Å². The fourth-order valence-electron chi connectivity index (χ4n) is 7.49. The van der Waals surface area contributed by atoms with Gasteiger partial charge in [-0.1, -0.05) is 38.1 Å². The van der Waals surface area contributed by atoms with Gasteiger partial charge >= 0.3 is 18.5 Å². The number of carbonyl (C=O) groups excluding carboxylic acids is 4. The van der Waals surface area contributed by atoms with Gasteiger partial charge in [0.25, 0.3) is 5.91 Å². The van der Waals surface area contributed by atoms with Crippen molar-refractivity contribution in [1.82, 2.24) is 35.4 Å². The highest BCUT2D eigenvalue weighted by Gasteiger charge is 2.38. The van der Waals surface area contributed by atoms with Crippen LogP contribution in [0.2, 0.25) is 0 Å². The van der Waals surface area contributed by atoms with E-state index in [-0.39, 0.29) is 52.8 Å².